The molecule has 1 aliphatic heterocycles. The quantitative estimate of drug-likeness (QED) is 0.895. The number of aromatic nitrogens is 4. The molecule has 3 heterocycles. The van der Waals surface area contributed by atoms with E-state index in [-0.39, 0.29) is 0 Å². The molecule has 0 aliphatic carbocycles. The molecule has 1 saturated heterocycles. The molecule has 1 atom stereocenters. The monoisotopic (exact) mass is 243 g/mol. The molecule has 2 aromatic heterocycles. The van der Waals surface area contributed by atoms with Gasteiger partial charge in [-0.3, -0.25) is 15.0 Å². The number of nitrogens with zero attached hydrogens (tertiary/aromatic N) is 4. The second-order valence-corrected chi connectivity index (χ2v) is 4.71. The van der Waals surface area contributed by atoms with Crippen molar-refractivity contribution in [3.05, 3.63) is 42.2 Å². The van der Waals surface area contributed by atoms with Gasteiger partial charge in [0.25, 0.3) is 0 Å². The topological polar surface area (TPSA) is 57.7 Å². The molecule has 1 aliphatic rings. The van der Waals surface area contributed by atoms with E-state index in [0.717, 1.165) is 25.3 Å². The van der Waals surface area contributed by atoms with Crippen LogP contribution < -0.4 is 0 Å². The van der Waals surface area contributed by atoms with Gasteiger partial charge < -0.3 is 0 Å². The minimum atomic E-state index is 0.370. The molecule has 2 aromatic rings. The van der Waals surface area contributed by atoms with E-state index in [4.69, 9.17) is 0 Å². The first-order valence-electron chi connectivity index (χ1n) is 6.42. The van der Waals surface area contributed by atoms with Crippen LogP contribution in [0.1, 0.15) is 36.7 Å². The smallest absolute Gasteiger partial charge is 0.141 e. The van der Waals surface area contributed by atoms with Crippen molar-refractivity contribution in [2.24, 2.45) is 0 Å². The summed E-state index contributed by atoms with van der Waals surface area (Å²) in [6.07, 6.45) is 8.97. The number of likely N-dealkylation sites (tertiary alicyclic amines) is 1. The highest BCUT2D eigenvalue weighted by atomic mass is 15.3. The first-order chi connectivity index (χ1) is 8.93. The van der Waals surface area contributed by atoms with Gasteiger partial charge in [-0.25, -0.2) is 4.98 Å². The Labute approximate surface area is 106 Å². The van der Waals surface area contributed by atoms with E-state index in [9.17, 15) is 0 Å². The van der Waals surface area contributed by atoms with Gasteiger partial charge in [-0.1, -0.05) is 6.42 Å². The van der Waals surface area contributed by atoms with Gasteiger partial charge in [-0.15, -0.1) is 0 Å². The minimum Gasteiger partial charge on any atom is -0.289 e. The average Bonchev–Trinajstić information content (AvgIpc) is 2.94. The van der Waals surface area contributed by atoms with Gasteiger partial charge in [0.1, 0.15) is 12.2 Å². The van der Waals surface area contributed by atoms with Gasteiger partial charge in [0, 0.05) is 18.9 Å². The number of piperidine rings is 1. The molecule has 1 fully saturated rings. The van der Waals surface area contributed by atoms with Crippen molar-refractivity contribution in [2.45, 2.75) is 31.8 Å². The van der Waals surface area contributed by atoms with Crippen LogP contribution in [0, 0.1) is 0 Å². The standard InChI is InChI=1S/C13H17N5/c1-2-8-18(9-11-4-6-14-7-5-11)12(3-1)13-15-10-16-17-13/h4-7,10,12H,1-3,8-9H2,(H,15,16,17)/t12-/m1/s1. The summed E-state index contributed by atoms with van der Waals surface area (Å²) in [5, 5.41) is 6.97. The Morgan fingerprint density at radius 3 is 2.94 bits per heavy atom. The summed E-state index contributed by atoms with van der Waals surface area (Å²) < 4.78 is 0. The van der Waals surface area contributed by atoms with Crippen molar-refractivity contribution >= 4 is 0 Å². The van der Waals surface area contributed by atoms with E-state index in [1.165, 1.54) is 18.4 Å². The Hall–Kier alpha value is -1.75. The van der Waals surface area contributed by atoms with Crippen LogP contribution in [0.5, 0.6) is 0 Å². The summed E-state index contributed by atoms with van der Waals surface area (Å²) in [6.45, 7) is 2.07. The third-order valence-corrected chi connectivity index (χ3v) is 3.50. The van der Waals surface area contributed by atoms with Crippen molar-refractivity contribution in [2.75, 3.05) is 6.54 Å². The van der Waals surface area contributed by atoms with E-state index >= 15 is 0 Å². The highest BCUT2D eigenvalue weighted by Crippen LogP contribution is 2.29. The molecule has 0 bridgehead atoms. The third kappa shape index (κ3) is 2.41. The van der Waals surface area contributed by atoms with E-state index in [0.29, 0.717) is 6.04 Å². The summed E-state index contributed by atoms with van der Waals surface area (Å²) in [6, 6.07) is 4.52. The van der Waals surface area contributed by atoms with Crippen LogP contribution in [0.2, 0.25) is 0 Å². The number of rotatable bonds is 3. The van der Waals surface area contributed by atoms with Crippen LogP contribution in [0.3, 0.4) is 0 Å². The molecule has 0 saturated carbocycles. The largest absolute Gasteiger partial charge is 0.289 e. The molecule has 0 aromatic carbocycles. The molecule has 1 N–H and O–H groups in total. The molecular weight excluding hydrogens is 226 g/mol. The van der Waals surface area contributed by atoms with Crippen molar-refractivity contribution in [3.63, 3.8) is 0 Å². The Kier molecular flexibility index (Phi) is 3.32. The second-order valence-electron chi connectivity index (χ2n) is 4.71. The molecule has 3 rings (SSSR count). The zero-order valence-electron chi connectivity index (χ0n) is 10.3. The summed E-state index contributed by atoms with van der Waals surface area (Å²) in [5.41, 5.74) is 1.30. The normalized spacial score (nSPS) is 21.0. The SMILES string of the molecule is c1cc(CN2CCCC[C@@H]2c2ncn[nH]2)ccn1. The zero-order chi connectivity index (χ0) is 12.2. The number of H-pyrrole nitrogens is 1. The van der Waals surface area contributed by atoms with Gasteiger partial charge in [0.05, 0.1) is 6.04 Å². The number of pyridine rings is 1. The Balaban J connectivity index is 1.76. The molecule has 94 valence electrons. The molecular formula is C13H17N5. The second kappa shape index (κ2) is 5.27. The molecule has 5 nitrogen and oxygen atoms in total. The van der Waals surface area contributed by atoms with Crippen LogP contribution >= 0.6 is 0 Å². The molecule has 5 heteroatoms. The molecule has 0 spiro atoms. The number of aromatic amines is 1. The summed E-state index contributed by atoms with van der Waals surface area (Å²) in [5.74, 6) is 0.990. The van der Waals surface area contributed by atoms with E-state index in [1.807, 2.05) is 12.4 Å². The number of nitrogens with one attached hydrogen (secondary N) is 1. The van der Waals surface area contributed by atoms with Crippen molar-refractivity contribution in [1.82, 2.24) is 25.1 Å². The van der Waals surface area contributed by atoms with Gasteiger partial charge in [0.2, 0.25) is 0 Å². The fourth-order valence-corrected chi connectivity index (χ4v) is 2.59. The molecule has 0 radical (unpaired) electrons. The Morgan fingerprint density at radius 2 is 2.17 bits per heavy atom. The minimum absolute atomic E-state index is 0.370. The lowest BCUT2D eigenvalue weighted by molar-refractivity contribution is 0.134. The highest BCUT2D eigenvalue weighted by molar-refractivity contribution is 5.10. The summed E-state index contributed by atoms with van der Waals surface area (Å²) >= 11 is 0. The van der Waals surface area contributed by atoms with Crippen molar-refractivity contribution < 1.29 is 0 Å². The Morgan fingerprint density at radius 1 is 1.28 bits per heavy atom. The van der Waals surface area contributed by atoms with Gasteiger partial charge in [-0.05, 0) is 37.1 Å². The molecule has 0 amide bonds. The fourth-order valence-electron chi connectivity index (χ4n) is 2.59. The maximum Gasteiger partial charge on any atom is 0.141 e. The lowest BCUT2D eigenvalue weighted by atomic mass is 10.0. The number of hydrogen-bond acceptors (Lipinski definition) is 4. The average molecular weight is 243 g/mol. The maximum absolute atomic E-state index is 4.31. The van der Waals surface area contributed by atoms with Crippen LogP contribution in [-0.4, -0.2) is 31.6 Å². The maximum atomic E-state index is 4.31. The predicted octanol–water partition coefficient (Wildman–Crippen LogP) is 1.93. The highest BCUT2D eigenvalue weighted by Gasteiger charge is 2.25. The lowest BCUT2D eigenvalue weighted by Crippen LogP contribution is -2.33. The van der Waals surface area contributed by atoms with Gasteiger partial charge >= 0.3 is 0 Å². The van der Waals surface area contributed by atoms with Gasteiger partial charge in [-0.2, -0.15) is 5.10 Å². The fraction of sp³-hybridized carbons (Fsp3) is 0.462. The first kappa shape index (κ1) is 11.3. The van der Waals surface area contributed by atoms with Crippen LogP contribution in [0.25, 0.3) is 0 Å². The Bertz CT molecular complexity index is 467. The van der Waals surface area contributed by atoms with Crippen LogP contribution in [-0.2, 0) is 6.54 Å². The predicted molar refractivity (Wildman–Crippen MR) is 67.6 cm³/mol. The molecule has 0 unspecified atom stereocenters. The van der Waals surface area contributed by atoms with E-state index in [2.05, 4.69) is 37.2 Å². The third-order valence-electron chi connectivity index (χ3n) is 3.50. The van der Waals surface area contributed by atoms with Crippen LogP contribution in [0.4, 0.5) is 0 Å². The van der Waals surface area contributed by atoms with Gasteiger partial charge in [0.15, 0.2) is 0 Å². The summed E-state index contributed by atoms with van der Waals surface area (Å²) in [7, 11) is 0. The van der Waals surface area contributed by atoms with E-state index in [1.54, 1.807) is 6.33 Å². The first-order valence-corrected chi connectivity index (χ1v) is 6.42. The zero-order valence-corrected chi connectivity index (χ0v) is 10.3. The van der Waals surface area contributed by atoms with E-state index < -0.39 is 0 Å². The lowest BCUT2D eigenvalue weighted by Gasteiger charge is -2.34. The molecule has 18 heavy (non-hydrogen) atoms. The van der Waals surface area contributed by atoms with Crippen molar-refractivity contribution in [3.8, 4) is 0 Å². The number of hydrogen-bond donors (Lipinski definition) is 1. The van der Waals surface area contributed by atoms with Crippen molar-refractivity contribution in [1.29, 1.82) is 0 Å². The summed E-state index contributed by atoms with van der Waals surface area (Å²) in [4.78, 5) is 10.8. The van der Waals surface area contributed by atoms with Crippen LogP contribution in [0.15, 0.2) is 30.9 Å².